The lowest BCUT2D eigenvalue weighted by atomic mass is 10.5. The predicted octanol–water partition coefficient (Wildman–Crippen LogP) is 4.27. The largest absolute Gasteiger partial charge is 0.415 e. The minimum Gasteiger partial charge on any atom is -0.415 e. The Bertz CT molecular complexity index is 190. The van der Waals surface area contributed by atoms with Crippen LogP contribution in [0.2, 0.25) is 38.3 Å². The SMILES string of the molecule is CC(C)[Si](C)(C)OC(C)(C)[Si](C)(C)C. The summed E-state index contributed by atoms with van der Waals surface area (Å²) in [5, 5.41) is 0.104. The Labute approximate surface area is 92.4 Å². The zero-order valence-electron chi connectivity index (χ0n) is 11.5. The van der Waals surface area contributed by atoms with Gasteiger partial charge in [0.25, 0.3) is 0 Å². The molecule has 0 N–H and O–H groups in total. The van der Waals surface area contributed by atoms with E-state index < -0.39 is 16.4 Å². The number of hydrogen-bond acceptors (Lipinski definition) is 1. The second kappa shape index (κ2) is 4.10. The molecule has 1 nitrogen and oxygen atoms in total. The van der Waals surface area contributed by atoms with Crippen molar-refractivity contribution in [2.75, 3.05) is 0 Å². The average molecular weight is 233 g/mol. The topological polar surface area (TPSA) is 9.23 Å². The zero-order chi connectivity index (χ0) is 11.8. The van der Waals surface area contributed by atoms with Crippen molar-refractivity contribution in [2.24, 2.45) is 0 Å². The molecule has 0 aliphatic rings. The highest BCUT2D eigenvalue weighted by atomic mass is 28.4. The fraction of sp³-hybridized carbons (Fsp3) is 1.00. The van der Waals surface area contributed by atoms with Gasteiger partial charge >= 0.3 is 0 Å². The van der Waals surface area contributed by atoms with Gasteiger partial charge in [0, 0.05) is 5.22 Å². The van der Waals surface area contributed by atoms with Gasteiger partial charge in [-0.1, -0.05) is 33.5 Å². The van der Waals surface area contributed by atoms with Crippen molar-refractivity contribution in [3.8, 4) is 0 Å². The van der Waals surface area contributed by atoms with Gasteiger partial charge in [0.2, 0.25) is 0 Å². The summed E-state index contributed by atoms with van der Waals surface area (Å²) in [5.41, 5.74) is 0.693. The van der Waals surface area contributed by atoms with Gasteiger partial charge in [-0.2, -0.15) is 0 Å². The molecule has 0 unspecified atom stereocenters. The molecule has 0 atom stereocenters. The summed E-state index contributed by atoms with van der Waals surface area (Å²) in [7, 11) is -2.72. The molecule has 0 saturated carbocycles. The first-order valence-electron chi connectivity index (χ1n) is 5.60. The van der Waals surface area contributed by atoms with Gasteiger partial charge in [-0.05, 0) is 32.5 Å². The Kier molecular flexibility index (Phi) is 4.22. The Morgan fingerprint density at radius 3 is 1.50 bits per heavy atom. The van der Waals surface area contributed by atoms with E-state index in [-0.39, 0.29) is 5.22 Å². The van der Waals surface area contributed by atoms with E-state index in [0.29, 0.717) is 5.54 Å². The summed E-state index contributed by atoms with van der Waals surface area (Å²) >= 11 is 0. The van der Waals surface area contributed by atoms with Crippen LogP contribution in [-0.2, 0) is 4.43 Å². The van der Waals surface area contributed by atoms with Crippen LogP contribution in [0.4, 0.5) is 0 Å². The van der Waals surface area contributed by atoms with E-state index in [4.69, 9.17) is 4.43 Å². The third-order valence-corrected chi connectivity index (χ3v) is 11.5. The summed E-state index contributed by atoms with van der Waals surface area (Å²) in [6.07, 6.45) is 0. The number of hydrogen-bond donors (Lipinski definition) is 0. The first-order chi connectivity index (χ1) is 5.90. The molecule has 0 spiro atoms. The summed E-state index contributed by atoms with van der Waals surface area (Å²) in [5.74, 6) is 0. The summed E-state index contributed by atoms with van der Waals surface area (Å²) < 4.78 is 6.45. The second-order valence-electron chi connectivity index (χ2n) is 6.62. The van der Waals surface area contributed by atoms with Crippen molar-refractivity contribution in [3.63, 3.8) is 0 Å². The van der Waals surface area contributed by atoms with Crippen LogP contribution in [0.3, 0.4) is 0 Å². The molecule has 14 heavy (non-hydrogen) atoms. The lowest BCUT2D eigenvalue weighted by molar-refractivity contribution is 0.171. The normalized spacial score (nSPS) is 15.0. The average Bonchev–Trinajstić information content (AvgIpc) is 1.80. The van der Waals surface area contributed by atoms with E-state index in [9.17, 15) is 0 Å². The lowest BCUT2D eigenvalue weighted by Gasteiger charge is -2.44. The molecule has 0 aromatic rings. The minimum absolute atomic E-state index is 0.104. The standard InChI is InChI=1S/C11H28OSi2/c1-10(2)14(8,9)12-11(3,4)13(5,6)7/h10H,1-9H3. The van der Waals surface area contributed by atoms with Crippen LogP contribution >= 0.6 is 0 Å². The second-order valence-corrected chi connectivity index (χ2v) is 16.9. The molecule has 0 amide bonds. The van der Waals surface area contributed by atoms with Crippen LogP contribution in [0.25, 0.3) is 0 Å². The maximum Gasteiger partial charge on any atom is 0.189 e. The van der Waals surface area contributed by atoms with Crippen LogP contribution in [0, 0.1) is 0 Å². The quantitative estimate of drug-likeness (QED) is 0.658. The summed E-state index contributed by atoms with van der Waals surface area (Å²) in [6, 6.07) is 0. The van der Waals surface area contributed by atoms with Crippen LogP contribution in [-0.4, -0.2) is 21.6 Å². The Morgan fingerprint density at radius 1 is 0.929 bits per heavy atom. The third-order valence-electron chi connectivity index (χ3n) is 3.71. The Balaban J connectivity index is 4.67. The van der Waals surface area contributed by atoms with Crippen molar-refractivity contribution >= 4 is 16.4 Å². The first-order valence-corrected chi connectivity index (χ1v) is 12.1. The van der Waals surface area contributed by atoms with E-state index >= 15 is 0 Å². The highest BCUT2D eigenvalue weighted by Gasteiger charge is 2.41. The molecular formula is C11H28OSi2. The minimum atomic E-state index is -1.49. The first kappa shape index (κ1) is 14.4. The molecule has 0 aromatic heterocycles. The van der Waals surface area contributed by atoms with Crippen LogP contribution in [0.15, 0.2) is 0 Å². The molecule has 0 bridgehead atoms. The summed E-state index contributed by atoms with van der Waals surface area (Å²) in [6.45, 7) is 20.9. The molecule has 0 rings (SSSR count). The fourth-order valence-electron chi connectivity index (χ4n) is 0.929. The van der Waals surface area contributed by atoms with E-state index in [1.807, 2.05) is 0 Å². The molecule has 0 fully saturated rings. The van der Waals surface area contributed by atoms with Crippen molar-refractivity contribution in [2.45, 2.75) is 71.2 Å². The van der Waals surface area contributed by atoms with Crippen molar-refractivity contribution < 1.29 is 4.43 Å². The van der Waals surface area contributed by atoms with Gasteiger partial charge in [0.05, 0.1) is 8.07 Å². The molecular weight excluding hydrogens is 204 g/mol. The lowest BCUT2D eigenvalue weighted by Crippen LogP contribution is -2.55. The van der Waals surface area contributed by atoms with Crippen molar-refractivity contribution in [3.05, 3.63) is 0 Å². The molecule has 0 aliphatic carbocycles. The van der Waals surface area contributed by atoms with Crippen molar-refractivity contribution in [1.82, 2.24) is 0 Å². The maximum absolute atomic E-state index is 6.45. The Morgan fingerprint density at radius 2 is 1.29 bits per heavy atom. The molecule has 0 aromatic carbocycles. The van der Waals surface area contributed by atoms with Gasteiger partial charge in [-0.15, -0.1) is 0 Å². The van der Waals surface area contributed by atoms with Crippen LogP contribution in [0.5, 0.6) is 0 Å². The predicted molar refractivity (Wildman–Crippen MR) is 71.1 cm³/mol. The highest BCUT2D eigenvalue weighted by Crippen LogP contribution is 2.32. The number of rotatable bonds is 4. The van der Waals surface area contributed by atoms with E-state index in [1.165, 1.54) is 0 Å². The molecule has 0 aliphatic heterocycles. The van der Waals surface area contributed by atoms with Crippen LogP contribution in [0.1, 0.15) is 27.7 Å². The van der Waals surface area contributed by atoms with E-state index in [1.54, 1.807) is 0 Å². The third kappa shape index (κ3) is 3.52. The maximum atomic E-state index is 6.45. The molecule has 0 radical (unpaired) electrons. The van der Waals surface area contributed by atoms with Crippen molar-refractivity contribution in [1.29, 1.82) is 0 Å². The zero-order valence-corrected chi connectivity index (χ0v) is 13.5. The van der Waals surface area contributed by atoms with Gasteiger partial charge < -0.3 is 4.43 Å². The fourth-order valence-corrected chi connectivity index (χ4v) is 4.49. The van der Waals surface area contributed by atoms with E-state index in [0.717, 1.165) is 0 Å². The molecule has 86 valence electrons. The molecule has 0 heterocycles. The molecule has 0 saturated heterocycles. The molecule has 3 heteroatoms. The smallest absolute Gasteiger partial charge is 0.189 e. The van der Waals surface area contributed by atoms with Gasteiger partial charge in [0.1, 0.15) is 0 Å². The van der Waals surface area contributed by atoms with Crippen LogP contribution < -0.4 is 0 Å². The monoisotopic (exact) mass is 232 g/mol. The summed E-state index contributed by atoms with van der Waals surface area (Å²) in [4.78, 5) is 0. The Hall–Kier alpha value is 0.394. The van der Waals surface area contributed by atoms with Gasteiger partial charge in [-0.3, -0.25) is 0 Å². The van der Waals surface area contributed by atoms with E-state index in [2.05, 4.69) is 60.4 Å². The van der Waals surface area contributed by atoms with Gasteiger partial charge in [0.15, 0.2) is 8.32 Å². The highest BCUT2D eigenvalue weighted by molar-refractivity contribution is 6.81. The van der Waals surface area contributed by atoms with Gasteiger partial charge in [-0.25, -0.2) is 0 Å².